The lowest BCUT2D eigenvalue weighted by molar-refractivity contribution is -0.115. The van der Waals surface area contributed by atoms with Crippen LogP contribution in [0.25, 0.3) is 0 Å². The van der Waals surface area contributed by atoms with Gasteiger partial charge in [0.15, 0.2) is 0 Å². The summed E-state index contributed by atoms with van der Waals surface area (Å²) in [6, 6.07) is 10.6. The second kappa shape index (κ2) is 6.99. The Balaban J connectivity index is 1.88. The van der Waals surface area contributed by atoms with Crippen molar-refractivity contribution in [2.75, 3.05) is 11.9 Å². The molecule has 0 spiro atoms. The number of aryl methyl sites for hydroxylation is 1. The monoisotopic (exact) mass is 347 g/mol. The molecule has 0 saturated heterocycles. The predicted octanol–water partition coefficient (Wildman–Crippen LogP) is 2.52. The Hall–Kier alpha value is -2.21. The quantitative estimate of drug-likeness (QED) is 0.892. The number of benzene rings is 1. The second-order valence-corrected chi connectivity index (χ2v) is 5.38. The third-order valence-corrected chi connectivity index (χ3v) is 3.17. The summed E-state index contributed by atoms with van der Waals surface area (Å²) >= 11 is 3.29. The van der Waals surface area contributed by atoms with E-state index in [0.29, 0.717) is 11.4 Å². The van der Waals surface area contributed by atoms with Crippen LogP contribution in [0.2, 0.25) is 0 Å². The molecule has 0 unspecified atom stereocenters. The number of amides is 2. The lowest BCUT2D eigenvalue weighted by Crippen LogP contribution is -2.33. The van der Waals surface area contributed by atoms with Gasteiger partial charge in [0.25, 0.3) is 5.91 Å². The third kappa shape index (κ3) is 4.68. The maximum Gasteiger partial charge on any atom is 0.251 e. The number of nitrogens with one attached hydrogen (secondary N) is 2. The summed E-state index contributed by atoms with van der Waals surface area (Å²) in [7, 11) is 0. The van der Waals surface area contributed by atoms with E-state index in [9.17, 15) is 9.59 Å². The first-order chi connectivity index (χ1) is 10.0. The summed E-state index contributed by atoms with van der Waals surface area (Å²) < 4.78 is 0.809. The van der Waals surface area contributed by atoms with E-state index in [4.69, 9.17) is 0 Å². The third-order valence-electron chi connectivity index (χ3n) is 2.68. The number of halogens is 1. The standard InChI is InChI=1S/C15H14BrN3O2/c1-10-5-6-17-13(7-10)19-14(20)9-18-15(21)11-3-2-4-12(16)8-11/h2-8H,9H2,1H3,(H,18,21)(H,17,19,20). The SMILES string of the molecule is Cc1ccnc(NC(=O)CNC(=O)c2cccc(Br)c2)c1. The minimum absolute atomic E-state index is 0.110. The van der Waals surface area contributed by atoms with Gasteiger partial charge in [-0.05, 0) is 42.8 Å². The summed E-state index contributed by atoms with van der Waals surface area (Å²) in [4.78, 5) is 27.7. The Bertz CT molecular complexity index is 673. The van der Waals surface area contributed by atoms with Crippen LogP contribution in [0.5, 0.6) is 0 Å². The smallest absolute Gasteiger partial charge is 0.251 e. The first kappa shape index (κ1) is 15.2. The summed E-state index contributed by atoms with van der Waals surface area (Å²) in [6.45, 7) is 1.80. The van der Waals surface area contributed by atoms with Crippen molar-refractivity contribution < 1.29 is 9.59 Å². The van der Waals surface area contributed by atoms with Gasteiger partial charge in [-0.3, -0.25) is 9.59 Å². The molecule has 1 aromatic heterocycles. The van der Waals surface area contributed by atoms with Crippen LogP contribution in [0, 0.1) is 6.92 Å². The van der Waals surface area contributed by atoms with Gasteiger partial charge in [0.05, 0.1) is 6.54 Å². The van der Waals surface area contributed by atoms with Crippen LogP contribution in [0.4, 0.5) is 5.82 Å². The molecule has 0 saturated carbocycles. The number of hydrogen-bond donors (Lipinski definition) is 2. The zero-order valence-electron chi connectivity index (χ0n) is 11.4. The summed E-state index contributed by atoms with van der Waals surface area (Å²) in [5, 5.41) is 5.19. The maximum atomic E-state index is 11.9. The lowest BCUT2D eigenvalue weighted by atomic mass is 10.2. The van der Waals surface area contributed by atoms with Gasteiger partial charge in [-0.25, -0.2) is 4.98 Å². The number of anilines is 1. The molecule has 0 aliphatic heterocycles. The highest BCUT2D eigenvalue weighted by atomic mass is 79.9. The molecule has 2 N–H and O–H groups in total. The average molecular weight is 348 g/mol. The fraction of sp³-hybridized carbons (Fsp3) is 0.133. The van der Waals surface area contributed by atoms with Crippen molar-refractivity contribution in [2.45, 2.75) is 6.92 Å². The van der Waals surface area contributed by atoms with Crippen molar-refractivity contribution in [3.63, 3.8) is 0 Å². The number of carbonyl (C=O) groups is 2. The molecule has 21 heavy (non-hydrogen) atoms. The van der Waals surface area contributed by atoms with Crippen LogP contribution < -0.4 is 10.6 Å². The van der Waals surface area contributed by atoms with Gasteiger partial charge in [0.1, 0.15) is 5.82 Å². The van der Waals surface area contributed by atoms with E-state index in [1.165, 1.54) is 0 Å². The number of carbonyl (C=O) groups excluding carboxylic acids is 2. The lowest BCUT2D eigenvalue weighted by Gasteiger charge is -2.07. The molecule has 6 heteroatoms. The minimum atomic E-state index is -0.323. The number of pyridine rings is 1. The molecule has 0 aliphatic carbocycles. The molecule has 108 valence electrons. The first-order valence-corrected chi connectivity index (χ1v) is 7.10. The summed E-state index contributed by atoms with van der Waals surface area (Å²) in [6.07, 6.45) is 1.62. The summed E-state index contributed by atoms with van der Waals surface area (Å²) in [5.41, 5.74) is 1.49. The second-order valence-electron chi connectivity index (χ2n) is 4.46. The minimum Gasteiger partial charge on any atom is -0.343 e. The fourth-order valence-electron chi connectivity index (χ4n) is 1.68. The van der Waals surface area contributed by atoms with Gasteiger partial charge in [-0.2, -0.15) is 0 Å². The van der Waals surface area contributed by atoms with Crippen LogP contribution in [0.3, 0.4) is 0 Å². The van der Waals surface area contributed by atoms with E-state index in [1.54, 1.807) is 30.5 Å². The van der Waals surface area contributed by atoms with Crippen LogP contribution in [-0.2, 0) is 4.79 Å². The van der Waals surface area contributed by atoms with Crippen LogP contribution in [0.15, 0.2) is 47.1 Å². The average Bonchev–Trinajstić information content (AvgIpc) is 2.45. The van der Waals surface area contributed by atoms with E-state index in [1.807, 2.05) is 19.1 Å². The zero-order chi connectivity index (χ0) is 15.2. The van der Waals surface area contributed by atoms with Crippen molar-refractivity contribution in [3.05, 3.63) is 58.2 Å². The Morgan fingerprint density at radius 3 is 2.76 bits per heavy atom. The number of aromatic nitrogens is 1. The highest BCUT2D eigenvalue weighted by Gasteiger charge is 2.08. The molecule has 1 aromatic carbocycles. The molecule has 2 amide bonds. The number of rotatable bonds is 4. The van der Waals surface area contributed by atoms with E-state index in [2.05, 4.69) is 31.5 Å². The Morgan fingerprint density at radius 2 is 2.05 bits per heavy atom. The van der Waals surface area contributed by atoms with Crippen molar-refractivity contribution in [3.8, 4) is 0 Å². The Labute approximate surface area is 130 Å². The van der Waals surface area contributed by atoms with E-state index >= 15 is 0 Å². The van der Waals surface area contributed by atoms with Gasteiger partial charge in [-0.1, -0.05) is 22.0 Å². The largest absolute Gasteiger partial charge is 0.343 e. The van der Waals surface area contributed by atoms with Crippen molar-refractivity contribution in [1.82, 2.24) is 10.3 Å². The molecular weight excluding hydrogens is 334 g/mol. The molecule has 0 aliphatic rings. The topological polar surface area (TPSA) is 71.1 Å². The maximum absolute atomic E-state index is 11.9. The van der Waals surface area contributed by atoms with Crippen LogP contribution >= 0.6 is 15.9 Å². The van der Waals surface area contributed by atoms with Gasteiger partial charge in [0, 0.05) is 16.2 Å². The van der Waals surface area contributed by atoms with Crippen LogP contribution in [0.1, 0.15) is 15.9 Å². The van der Waals surface area contributed by atoms with E-state index < -0.39 is 0 Å². The first-order valence-electron chi connectivity index (χ1n) is 6.31. The van der Waals surface area contributed by atoms with Gasteiger partial charge in [-0.15, -0.1) is 0 Å². The molecule has 2 aromatic rings. The van der Waals surface area contributed by atoms with Crippen molar-refractivity contribution in [2.24, 2.45) is 0 Å². The van der Waals surface area contributed by atoms with Gasteiger partial charge < -0.3 is 10.6 Å². The zero-order valence-corrected chi connectivity index (χ0v) is 13.0. The molecule has 0 bridgehead atoms. The van der Waals surface area contributed by atoms with E-state index in [0.717, 1.165) is 10.0 Å². The van der Waals surface area contributed by atoms with Crippen molar-refractivity contribution >= 4 is 33.6 Å². The molecule has 1 heterocycles. The molecule has 0 radical (unpaired) electrons. The van der Waals surface area contributed by atoms with E-state index in [-0.39, 0.29) is 18.4 Å². The van der Waals surface area contributed by atoms with Crippen LogP contribution in [-0.4, -0.2) is 23.3 Å². The molecule has 2 rings (SSSR count). The van der Waals surface area contributed by atoms with Gasteiger partial charge in [0.2, 0.25) is 5.91 Å². The fourth-order valence-corrected chi connectivity index (χ4v) is 2.08. The molecule has 0 fully saturated rings. The number of nitrogens with zero attached hydrogens (tertiary/aromatic N) is 1. The number of hydrogen-bond acceptors (Lipinski definition) is 3. The van der Waals surface area contributed by atoms with Crippen molar-refractivity contribution in [1.29, 1.82) is 0 Å². The normalized spacial score (nSPS) is 10.0. The highest BCUT2D eigenvalue weighted by molar-refractivity contribution is 9.10. The Morgan fingerprint density at radius 1 is 1.24 bits per heavy atom. The molecular formula is C15H14BrN3O2. The van der Waals surface area contributed by atoms with Gasteiger partial charge >= 0.3 is 0 Å². The summed E-state index contributed by atoms with van der Waals surface area (Å²) in [5.74, 6) is -0.156. The molecule has 0 atom stereocenters. The predicted molar refractivity (Wildman–Crippen MR) is 84.1 cm³/mol. The molecule has 5 nitrogen and oxygen atoms in total. The Kier molecular flexibility index (Phi) is 5.05. The highest BCUT2D eigenvalue weighted by Crippen LogP contribution is 2.11.